The van der Waals surface area contributed by atoms with Crippen molar-refractivity contribution in [2.45, 2.75) is 13.1 Å². The fourth-order valence-electron chi connectivity index (χ4n) is 2.16. The highest BCUT2D eigenvalue weighted by Crippen LogP contribution is 2.21. The van der Waals surface area contributed by atoms with Crippen molar-refractivity contribution in [1.82, 2.24) is 4.90 Å². The first-order valence-electron chi connectivity index (χ1n) is 6.48. The van der Waals surface area contributed by atoms with E-state index in [1.54, 1.807) is 18.4 Å². The monoisotopic (exact) mass is 305 g/mol. The van der Waals surface area contributed by atoms with Crippen LogP contribution in [0.2, 0.25) is 0 Å². The van der Waals surface area contributed by atoms with Crippen LogP contribution in [0.4, 0.5) is 0 Å². The van der Waals surface area contributed by atoms with E-state index in [4.69, 9.17) is 15.7 Å². The number of thiophene rings is 1. The van der Waals surface area contributed by atoms with Crippen molar-refractivity contribution < 1.29 is 9.94 Å². The van der Waals surface area contributed by atoms with Crippen molar-refractivity contribution >= 4 is 17.2 Å². The first kappa shape index (κ1) is 15.3. The van der Waals surface area contributed by atoms with E-state index in [1.807, 2.05) is 18.2 Å². The number of nitrogens with zero attached hydrogens (tertiary/aromatic N) is 2. The largest absolute Gasteiger partial charge is 0.496 e. The predicted molar refractivity (Wildman–Crippen MR) is 85.0 cm³/mol. The number of benzene rings is 1. The fourth-order valence-corrected chi connectivity index (χ4v) is 2.82. The van der Waals surface area contributed by atoms with E-state index in [-0.39, 0.29) is 5.84 Å². The number of oxime groups is 1. The standard InChI is InChI=1S/C15H19N3O2S/c1-18(9-12-5-6-21-10-12)8-11-3-4-13(15(16)17-19)14(7-11)20-2/h3-7,10,19H,8-9H2,1-2H3,(H2,16,17). The molecule has 0 amide bonds. The van der Waals surface area contributed by atoms with Crippen LogP contribution in [0.1, 0.15) is 16.7 Å². The number of amidine groups is 1. The molecule has 1 aromatic carbocycles. The maximum absolute atomic E-state index is 8.77. The second-order valence-corrected chi connectivity index (χ2v) is 5.60. The lowest BCUT2D eigenvalue weighted by Crippen LogP contribution is -2.18. The number of methoxy groups -OCH3 is 1. The van der Waals surface area contributed by atoms with Crippen molar-refractivity contribution in [3.8, 4) is 5.75 Å². The molecule has 0 fully saturated rings. The molecule has 0 spiro atoms. The summed E-state index contributed by atoms with van der Waals surface area (Å²) >= 11 is 1.70. The van der Waals surface area contributed by atoms with E-state index in [1.165, 1.54) is 5.56 Å². The summed E-state index contributed by atoms with van der Waals surface area (Å²) in [7, 11) is 3.64. The smallest absolute Gasteiger partial charge is 0.173 e. The average molecular weight is 305 g/mol. The number of hydrogen-bond acceptors (Lipinski definition) is 5. The van der Waals surface area contributed by atoms with Crippen LogP contribution >= 0.6 is 11.3 Å². The normalized spacial score (nSPS) is 11.9. The minimum Gasteiger partial charge on any atom is -0.496 e. The van der Waals surface area contributed by atoms with Gasteiger partial charge >= 0.3 is 0 Å². The van der Waals surface area contributed by atoms with Gasteiger partial charge in [-0.15, -0.1) is 0 Å². The highest BCUT2D eigenvalue weighted by molar-refractivity contribution is 7.07. The number of hydrogen-bond donors (Lipinski definition) is 2. The van der Waals surface area contributed by atoms with E-state index in [2.05, 4.69) is 33.9 Å². The zero-order valence-electron chi connectivity index (χ0n) is 12.1. The minimum atomic E-state index is 0.0463. The van der Waals surface area contributed by atoms with Crippen LogP contribution in [0.25, 0.3) is 0 Å². The van der Waals surface area contributed by atoms with E-state index >= 15 is 0 Å². The van der Waals surface area contributed by atoms with E-state index in [9.17, 15) is 0 Å². The maximum Gasteiger partial charge on any atom is 0.173 e. The van der Waals surface area contributed by atoms with Crippen LogP contribution in [0, 0.1) is 0 Å². The molecule has 1 aromatic heterocycles. The minimum absolute atomic E-state index is 0.0463. The van der Waals surface area contributed by atoms with Gasteiger partial charge in [-0.25, -0.2) is 0 Å². The Bertz CT molecular complexity index is 611. The lowest BCUT2D eigenvalue weighted by molar-refractivity contribution is 0.317. The predicted octanol–water partition coefficient (Wildman–Crippen LogP) is 2.48. The molecule has 2 rings (SSSR count). The molecule has 0 unspecified atom stereocenters. The molecular formula is C15H19N3O2S. The zero-order chi connectivity index (χ0) is 15.2. The first-order valence-corrected chi connectivity index (χ1v) is 7.42. The summed E-state index contributed by atoms with van der Waals surface area (Å²) in [6.45, 7) is 1.69. The third kappa shape index (κ3) is 3.96. The quantitative estimate of drug-likeness (QED) is 0.372. The molecule has 0 atom stereocenters. The molecule has 0 saturated heterocycles. The summed E-state index contributed by atoms with van der Waals surface area (Å²) in [5, 5.41) is 16.0. The van der Waals surface area contributed by atoms with Crippen molar-refractivity contribution in [3.63, 3.8) is 0 Å². The number of rotatable bonds is 6. The third-order valence-electron chi connectivity index (χ3n) is 3.13. The van der Waals surface area contributed by atoms with Gasteiger partial charge in [0.1, 0.15) is 5.75 Å². The van der Waals surface area contributed by atoms with Gasteiger partial charge in [-0.3, -0.25) is 4.90 Å². The highest BCUT2D eigenvalue weighted by Gasteiger charge is 2.10. The molecule has 5 nitrogen and oxygen atoms in total. The van der Waals surface area contributed by atoms with Gasteiger partial charge in [0.25, 0.3) is 0 Å². The molecule has 1 heterocycles. The highest BCUT2D eigenvalue weighted by atomic mass is 32.1. The van der Waals surface area contributed by atoms with Crippen LogP contribution in [-0.2, 0) is 13.1 Å². The van der Waals surface area contributed by atoms with Crippen molar-refractivity contribution in [3.05, 3.63) is 51.7 Å². The van der Waals surface area contributed by atoms with Gasteiger partial charge < -0.3 is 15.7 Å². The Kier molecular flexibility index (Phi) is 5.19. The summed E-state index contributed by atoms with van der Waals surface area (Å²) in [5.74, 6) is 0.650. The molecule has 112 valence electrons. The Labute approximate surface area is 128 Å². The summed E-state index contributed by atoms with van der Waals surface area (Å²) < 4.78 is 5.31. The molecule has 0 saturated carbocycles. The van der Waals surface area contributed by atoms with Gasteiger partial charge in [0, 0.05) is 13.1 Å². The molecule has 0 radical (unpaired) electrons. The molecule has 0 bridgehead atoms. The van der Waals surface area contributed by atoms with Gasteiger partial charge in [0.15, 0.2) is 5.84 Å². The summed E-state index contributed by atoms with van der Waals surface area (Å²) in [6.07, 6.45) is 0. The molecule has 2 aromatic rings. The molecular weight excluding hydrogens is 286 g/mol. The van der Waals surface area contributed by atoms with Crippen LogP contribution < -0.4 is 10.5 Å². The van der Waals surface area contributed by atoms with Gasteiger partial charge in [0.2, 0.25) is 0 Å². The van der Waals surface area contributed by atoms with E-state index in [0.29, 0.717) is 11.3 Å². The Balaban J connectivity index is 2.10. The van der Waals surface area contributed by atoms with E-state index < -0.39 is 0 Å². The van der Waals surface area contributed by atoms with Gasteiger partial charge in [-0.1, -0.05) is 11.2 Å². The summed E-state index contributed by atoms with van der Waals surface area (Å²) in [5.41, 5.74) is 8.63. The SMILES string of the molecule is COc1cc(CN(C)Cc2ccsc2)ccc1/C(N)=N/O. The number of nitrogens with two attached hydrogens (primary N) is 1. The molecule has 0 aliphatic heterocycles. The third-order valence-corrected chi connectivity index (χ3v) is 3.87. The van der Waals surface area contributed by atoms with E-state index in [0.717, 1.165) is 18.7 Å². The Morgan fingerprint density at radius 2 is 2.10 bits per heavy atom. The van der Waals surface area contributed by atoms with Crippen LogP contribution in [0.3, 0.4) is 0 Å². The number of ether oxygens (including phenoxy) is 1. The van der Waals surface area contributed by atoms with Gasteiger partial charge in [-0.05, 0) is 47.1 Å². The maximum atomic E-state index is 8.77. The van der Waals surface area contributed by atoms with Gasteiger partial charge in [0.05, 0.1) is 12.7 Å². The van der Waals surface area contributed by atoms with Crippen LogP contribution in [0.15, 0.2) is 40.2 Å². The van der Waals surface area contributed by atoms with Crippen LogP contribution in [-0.4, -0.2) is 30.1 Å². The summed E-state index contributed by atoms with van der Waals surface area (Å²) in [4.78, 5) is 2.22. The second-order valence-electron chi connectivity index (χ2n) is 4.82. The lowest BCUT2D eigenvalue weighted by Gasteiger charge is -2.17. The van der Waals surface area contributed by atoms with Crippen molar-refractivity contribution in [2.75, 3.05) is 14.2 Å². The zero-order valence-corrected chi connectivity index (χ0v) is 12.9. The van der Waals surface area contributed by atoms with Gasteiger partial charge in [-0.2, -0.15) is 11.3 Å². The molecule has 3 N–H and O–H groups in total. The van der Waals surface area contributed by atoms with Crippen molar-refractivity contribution in [2.24, 2.45) is 10.9 Å². The first-order chi connectivity index (χ1) is 10.1. The Morgan fingerprint density at radius 3 is 2.71 bits per heavy atom. The fraction of sp³-hybridized carbons (Fsp3) is 0.267. The lowest BCUT2D eigenvalue weighted by atomic mass is 10.1. The second kappa shape index (κ2) is 7.10. The molecule has 0 aliphatic rings. The molecule has 6 heteroatoms. The average Bonchev–Trinajstić information content (AvgIpc) is 2.99. The van der Waals surface area contributed by atoms with Crippen molar-refractivity contribution in [1.29, 1.82) is 0 Å². The summed E-state index contributed by atoms with van der Waals surface area (Å²) in [6, 6.07) is 7.81. The Hall–Kier alpha value is -2.05. The topological polar surface area (TPSA) is 71.1 Å². The Morgan fingerprint density at radius 1 is 1.33 bits per heavy atom. The molecule has 21 heavy (non-hydrogen) atoms. The molecule has 0 aliphatic carbocycles. The van der Waals surface area contributed by atoms with Crippen LogP contribution in [0.5, 0.6) is 5.75 Å².